The number of methoxy groups -OCH3 is 1. The van der Waals surface area contributed by atoms with E-state index < -0.39 is 0 Å². The number of nitrogens with zero attached hydrogens (tertiary/aromatic N) is 2. The summed E-state index contributed by atoms with van der Waals surface area (Å²) in [5.74, 6) is 1.58. The summed E-state index contributed by atoms with van der Waals surface area (Å²) in [6.07, 6.45) is 4.09. The normalized spacial score (nSPS) is 18.6. The average Bonchev–Trinajstić information content (AvgIpc) is 3.07. The van der Waals surface area contributed by atoms with Crippen LogP contribution in [0.1, 0.15) is 10.9 Å². The maximum atomic E-state index is 11.6. The Labute approximate surface area is 122 Å². The second kappa shape index (κ2) is 5.25. The molecule has 1 saturated heterocycles. The highest BCUT2D eigenvalue weighted by molar-refractivity contribution is 8.00. The van der Waals surface area contributed by atoms with Crippen LogP contribution in [0, 0.1) is 0 Å². The molecule has 1 aliphatic rings. The van der Waals surface area contributed by atoms with Gasteiger partial charge in [-0.2, -0.15) is 0 Å². The molecule has 0 aliphatic carbocycles. The minimum absolute atomic E-state index is 0.120. The highest BCUT2D eigenvalue weighted by Gasteiger charge is 2.30. The number of hydrogen-bond donors (Lipinski definition) is 0. The summed E-state index contributed by atoms with van der Waals surface area (Å²) in [6.45, 7) is 0. The fourth-order valence-electron chi connectivity index (χ4n) is 2.31. The van der Waals surface area contributed by atoms with Crippen molar-refractivity contribution in [3.8, 4) is 11.4 Å². The van der Waals surface area contributed by atoms with Gasteiger partial charge in [0.1, 0.15) is 11.1 Å². The van der Waals surface area contributed by atoms with E-state index in [1.807, 2.05) is 37.5 Å². The van der Waals surface area contributed by atoms with Crippen LogP contribution in [0.25, 0.3) is 5.69 Å². The first-order chi connectivity index (χ1) is 9.69. The van der Waals surface area contributed by atoms with Crippen LogP contribution < -0.4 is 4.74 Å². The molecule has 2 heterocycles. The molecular weight excluding hydrogens is 272 g/mol. The molecule has 0 unspecified atom stereocenters. The van der Waals surface area contributed by atoms with Gasteiger partial charge in [0, 0.05) is 36.8 Å². The van der Waals surface area contributed by atoms with E-state index >= 15 is 0 Å². The van der Waals surface area contributed by atoms with Gasteiger partial charge in [-0.3, -0.25) is 4.79 Å². The molecule has 0 bridgehead atoms. The predicted molar refractivity (Wildman–Crippen MR) is 80.3 cm³/mol. The van der Waals surface area contributed by atoms with Crippen LogP contribution in [0.2, 0.25) is 0 Å². The zero-order valence-electron chi connectivity index (χ0n) is 11.4. The molecule has 3 rings (SSSR count). The van der Waals surface area contributed by atoms with Crippen LogP contribution in [0.4, 0.5) is 0 Å². The Morgan fingerprint density at radius 3 is 2.90 bits per heavy atom. The number of benzene rings is 1. The summed E-state index contributed by atoms with van der Waals surface area (Å²) in [5.41, 5.74) is 2.19. The van der Waals surface area contributed by atoms with Crippen molar-refractivity contribution in [3.63, 3.8) is 0 Å². The lowest BCUT2D eigenvalue weighted by Gasteiger charge is -2.17. The lowest BCUT2D eigenvalue weighted by molar-refractivity contribution is -0.126. The number of aromatic nitrogens is 1. The van der Waals surface area contributed by atoms with Gasteiger partial charge in [-0.05, 0) is 18.2 Å². The Morgan fingerprint density at radius 1 is 1.35 bits per heavy atom. The lowest BCUT2D eigenvalue weighted by atomic mass is 10.3. The molecule has 1 aromatic carbocycles. The van der Waals surface area contributed by atoms with Crippen LogP contribution >= 0.6 is 11.8 Å². The second-order valence-electron chi connectivity index (χ2n) is 4.72. The highest BCUT2D eigenvalue weighted by Crippen LogP contribution is 2.37. The Kier molecular flexibility index (Phi) is 3.44. The van der Waals surface area contributed by atoms with Crippen LogP contribution in [-0.2, 0) is 4.79 Å². The molecule has 1 fully saturated rings. The van der Waals surface area contributed by atoms with Gasteiger partial charge in [-0.1, -0.05) is 6.07 Å². The fraction of sp³-hybridized carbons (Fsp3) is 0.267. The molecular formula is C15H16N2O2S. The highest BCUT2D eigenvalue weighted by atomic mass is 32.2. The first-order valence-electron chi connectivity index (χ1n) is 6.38. The summed E-state index contributed by atoms with van der Waals surface area (Å²) in [4.78, 5) is 13.4. The van der Waals surface area contributed by atoms with Crippen molar-refractivity contribution in [2.75, 3.05) is 19.9 Å². The second-order valence-corrected chi connectivity index (χ2v) is 5.79. The fourth-order valence-corrected chi connectivity index (χ4v) is 3.48. The number of ether oxygens (including phenoxy) is 1. The number of carbonyl (C=O) groups is 1. The Hall–Kier alpha value is -1.88. The quantitative estimate of drug-likeness (QED) is 0.871. The molecule has 0 radical (unpaired) electrons. The van der Waals surface area contributed by atoms with Crippen LogP contribution in [0.15, 0.2) is 42.7 Å². The SMILES string of the molecule is COc1cccc(-n2ccc([C@@H]3SCC(=O)N3C)c2)c1. The topological polar surface area (TPSA) is 34.5 Å². The van der Waals surface area contributed by atoms with E-state index in [0.29, 0.717) is 5.75 Å². The Bertz CT molecular complexity index is 638. The van der Waals surface area contributed by atoms with E-state index in [1.54, 1.807) is 23.8 Å². The van der Waals surface area contributed by atoms with Crippen molar-refractivity contribution in [2.45, 2.75) is 5.37 Å². The number of amides is 1. The lowest BCUT2D eigenvalue weighted by Crippen LogP contribution is -2.22. The standard InChI is InChI=1S/C15H16N2O2S/c1-16-14(18)10-20-15(16)11-6-7-17(9-11)12-4-3-5-13(8-12)19-2/h3-9,15H,10H2,1-2H3/t15-/m0/s1. The zero-order chi connectivity index (χ0) is 14.1. The van der Waals surface area contributed by atoms with Gasteiger partial charge in [-0.15, -0.1) is 11.8 Å². The molecule has 0 saturated carbocycles. The van der Waals surface area contributed by atoms with Crippen molar-refractivity contribution >= 4 is 17.7 Å². The molecule has 2 aromatic rings. The van der Waals surface area contributed by atoms with E-state index in [0.717, 1.165) is 17.0 Å². The zero-order valence-corrected chi connectivity index (χ0v) is 12.3. The molecule has 0 N–H and O–H groups in total. The average molecular weight is 288 g/mol. The molecule has 1 amide bonds. The molecule has 1 atom stereocenters. The van der Waals surface area contributed by atoms with Crippen molar-refractivity contribution in [1.82, 2.24) is 9.47 Å². The largest absolute Gasteiger partial charge is 0.497 e. The summed E-state index contributed by atoms with van der Waals surface area (Å²) in [7, 11) is 3.52. The van der Waals surface area contributed by atoms with Crippen LogP contribution in [-0.4, -0.2) is 35.3 Å². The van der Waals surface area contributed by atoms with E-state index in [-0.39, 0.29) is 11.3 Å². The summed E-state index contributed by atoms with van der Waals surface area (Å²) < 4.78 is 7.29. The third-order valence-corrected chi connectivity index (χ3v) is 4.78. The third-order valence-electron chi connectivity index (χ3n) is 3.46. The van der Waals surface area contributed by atoms with Gasteiger partial charge in [-0.25, -0.2) is 0 Å². The smallest absolute Gasteiger partial charge is 0.233 e. The Balaban J connectivity index is 1.88. The van der Waals surface area contributed by atoms with Crippen molar-refractivity contribution in [2.24, 2.45) is 0 Å². The first kappa shape index (κ1) is 13.1. The molecule has 1 aliphatic heterocycles. The first-order valence-corrected chi connectivity index (χ1v) is 7.43. The number of thioether (sulfide) groups is 1. The van der Waals surface area contributed by atoms with Crippen molar-refractivity contribution < 1.29 is 9.53 Å². The van der Waals surface area contributed by atoms with Gasteiger partial charge >= 0.3 is 0 Å². The van der Waals surface area contributed by atoms with Gasteiger partial charge in [0.15, 0.2) is 0 Å². The van der Waals surface area contributed by atoms with E-state index in [9.17, 15) is 4.79 Å². The van der Waals surface area contributed by atoms with Gasteiger partial charge in [0.05, 0.1) is 12.9 Å². The molecule has 5 heteroatoms. The van der Waals surface area contributed by atoms with E-state index in [4.69, 9.17) is 4.74 Å². The maximum Gasteiger partial charge on any atom is 0.233 e. The minimum atomic E-state index is 0.120. The summed E-state index contributed by atoms with van der Waals surface area (Å²) in [6, 6.07) is 9.97. The van der Waals surface area contributed by atoms with Gasteiger partial charge < -0.3 is 14.2 Å². The molecule has 20 heavy (non-hydrogen) atoms. The third kappa shape index (κ3) is 2.29. The Morgan fingerprint density at radius 2 is 2.20 bits per heavy atom. The van der Waals surface area contributed by atoms with Crippen molar-refractivity contribution in [1.29, 1.82) is 0 Å². The van der Waals surface area contributed by atoms with Crippen LogP contribution in [0.5, 0.6) is 5.75 Å². The molecule has 1 aromatic heterocycles. The van der Waals surface area contributed by atoms with Gasteiger partial charge in [0.2, 0.25) is 5.91 Å². The molecule has 0 spiro atoms. The van der Waals surface area contributed by atoms with E-state index in [1.165, 1.54) is 0 Å². The van der Waals surface area contributed by atoms with E-state index in [2.05, 4.69) is 16.8 Å². The summed E-state index contributed by atoms with van der Waals surface area (Å²) >= 11 is 1.67. The number of hydrogen-bond acceptors (Lipinski definition) is 3. The van der Waals surface area contributed by atoms with Gasteiger partial charge in [0.25, 0.3) is 0 Å². The molecule has 104 valence electrons. The summed E-state index contributed by atoms with van der Waals surface area (Å²) in [5, 5.41) is 0.120. The number of rotatable bonds is 3. The molecule has 4 nitrogen and oxygen atoms in total. The minimum Gasteiger partial charge on any atom is -0.497 e. The van der Waals surface area contributed by atoms with Crippen LogP contribution in [0.3, 0.4) is 0 Å². The maximum absolute atomic E-state index is 11.6. The number of carbonyl (C=O) groups excluding carboxylic acids is 1. The monoisotopic (exact) mass is 288 g/mol. The van der Waals surface area contributed by atoms with Crippen molar-refractivity contribution in [3.05, 3.63) is 48.3 Å². The predicted octanol–water partition coefficient (Wildman–Crippen LogP) is 2.69.